The van der Waals surface area contributed by atoms with Gasteiger partial charge >= 0.3 is 0 Å². The average Bonchev–Trinajstić information content (AvgIpc) is 2.63. The van der Waals surface area contributed by atoms with Gasteiger partial charge in [0.25, 0.3) is 5.91 Å². The number of anilines is 1. The third-order valence-corrected chi connectivity index (χ3v) is 4.60. The van der Waals surface area contributed by atoms with Gasteiger partial charge in [-0.1, -0.05) is 54.4 Å². The molecule has 2 amide bonds. The van der Waals surface area contributed by atoms with Crippen molar-refractivity contribution in [2.24, 2.45) is 0 Å². The van der Waals surface area contributed by atoms with Crippen molar-refractivity contribution in [2.75, 3.05) is 11.9 Å². The molecule has 1 atom stereocenters. The van der Waals surface area contributed by atoms with E-state index in [1.54, 1.807) is 25.1 Å². The molecular weight excluding hydrogens is 409 g/mol. The number of halogens is 3. The highest BCUT2D eigenvalue weighted by atomic mass is 35.5. The molecule has 8 heteroatoms. The minimum atomic E-state index is -0.746. The van der Waals surface area contributed by atoms with Crippen LogP contribution in [-0.2, 0) is 11.3 Å². The molecule has 146 valence electrons. The smallest absolute Gasteiger partial charge is 0.253 e. The summed E-state index contributed by atoms with van der Waals surface area (Å²) in [5, 5.41) is 9.16. The molecule has 0 fully saturated rings. The van der Waals surface area contributed by atoms with Crippen LogP contribution in [0.3, 0.4) is 0 Å². The van der Waals surface area contributed by atoms with Crippen LogP contribution in [0.1, 0.15) is 29.8 Å². The number of carbonyl (C=O) groups excluding carboxylic acids is 2. The molecule has 5 nitrogen and oxygen atoms in total. The molecule has 0 heterocycles. The highest BCUT2D eigenvalue weighted by Gasteiger charge is 2.19. The Bertz CT molecular complexity index is 800. The van der Waals surface area contributed by atoms with Crippen LogP contribution < -0.4 is 16.0 Å². The van der Waals surface area contributed by atoms with Gasteiger partial charge in [-0.05, 0) is 37.2 Å². The lowest BCUT2D eigenvalue weighted by Crippen LogP contribution is -2.41. The third kappa shape index (κ3) is 6.40. The summed E-state index contributed by atoms with van der Waals surface area (Å²) in [5.41, 5.74) is 1.91. The van der Waals surface area contributed by atoms with Gasteiger partial charge in [0.1, 0.15) is 6.04 Å². The molecule has 0 spiro atoms. The molecule has 2 aromatic rings. The maximum atomic E-state index is 12.5. The molecule has 0 bridgehead atoms. The molecule has 3 N–H and O–H groups in total. The number of hydrogen-bond donors (Lipinski definition) is 3. The van der Waals surface area contributed by atoms with Crippen LogP contribution in [0.5, 0.6) is 0 Å². The molecule has 1 unspecified atom stereocenters. The van der Waals surface area contributed by atoms with E-state index in [0.29, 0.717) is 12.2 Å². The van der Waals surface area contributed by atoms with Crippen LogP contribution in [0, 0.1) is 0 Å². The van der Waals surface area contributed by atoms with Crippen molar-refractivity contribution >= 4 is 53.1 Å². The van der Waals surface area contributed by atoms with Crippen molar-refractivity contribution in [2.45, 2.75) is 26.4 Å². The number of hydrogen-bond acceptors (Lipinski definition) is 3. The second-order valence-corrected chi connectivity index (χ2v) is 6.51. The van der Waals surface area contributed by atoms with Crippen LogP contribution in [0.2, 0.25) is 10.0 Å². The molecule has 27 heavy (non-hydrogen) atoms. The summed E-state index contributed by atoms with van der Waals surface area (Å²) in [5.74, 6) is -0.776. The first-order valence-electron chi connectivity index (χ1n) is 8.28. The normalized spacial score (nSPS) is 11.3. The van der Waals surface area contributed by atoms with Crippen LogP contribution in [0.25, 0.3) is 0 Å². The Labute approximate surface area is 175 Å². The summed E-state index contributed by atoms with van der Waals surface area (Å²) < 4.78 is 0. The van der Waals surface area contributed by atoms with E-state index in [-0.39, 0.29) is 33.9 Å². The molecular formula is C19H22Cl3N3O2. The zero-order valence-electron chi connectivity index (χ0n) is 15.0. The van der Waals surface area contributed by atoms with E-state index in [0.717, 1.165) is 12.1 Å². The Hall–Kier alpha value is -1.79. The summed E-state index contributed by atoms with van der Waals surface area (Å²) in [6.07, 6.45) is 0. The zero-order chi connectivity index (χ0) is 19.1. The largest absolute Gasteiger partial charge is 0.340 e. The van der Waals surface area contributed by atoms with E-state index < -0.39 is 11.9 Å². The maximum absolute atomic E-state index is 12.5. The first-order chi connectivity index (χ1) is 12.4. The van der Waals surface area contributed by atoms with Crippen molar-refractivity contribution < 1.29 is 9.59 Å². The number of rotatable bonds is 7. The molecule has 0 aliphatic heterocycles. The number of nitrogens with one attached hydrogen (secondary N) is 3. The molecule has 0 saturated carbocycles. The van der Waals surface area contributed by atoms with E-state index in [1.165, 1.54) is 0 Å². The van der Waals surface area contributed by atoms with Crippen molar-refractivity contribution in [3.63, 3.8) is 0 Å². The van der Waals surface area contributed by atoms with Gasteiger partial charge in [-0.3, -0.25) is 9.59 Å². The van der Waals surface area contributed by atoms with Crippen molar-refractivity contribution in [3.8, 4) is 0 Å². The molecule has 0 radical (unpaired) electrons. The fourth-order valence-electron chi connectivity index (χ4n) is 2.32. The van der Waals surface area contributed by atoms with Crippen LogP contribution in [-0.4, -0.2) is 24.4 Å². The first kappa shape index (κ1) is 23.2. The van der Waals surface area contributed by atoms with Gasteiger partial charge in [-0.25, -0.2) is 0 Å². The predicted molar refractivity (Wildman–Crippen MR) is 113 cm³/mol. The fraction of sp³-hybridized carbons (Fsp3) is 0.263. The lowest BCUT2D eigenvalue weighted by Gasteiger charge is -2.17. The van der Waals surface area contributed by atoms with E-state index in [2.05, 4.69) is 16.0 Å². The van der Waals surface area contributed by atoms with Crippen molar-refractivity contribution in [3.05, 3.63) is 63.6 Å². The summed E-state index contributed by atoms with van der Waals surface area (Å²) in [4.78, 5) is 24.8. The Kier molecular flexibility index (Phi) is 9.60. The molecule has 0 aliphatic rings. The Morgan fingerprint density at radius 2 is 1.78 bits per heavy atom. The van der Waals surface area contributed by atoms with Gasteiger partial charge < -0.3 is 16.0 Å². The standard InChI is InChI=1S/C19H21Cl2N3O2.ClH/c1-3-22-11-13-7-4-5-10-16(13)24-18(25)12(2)23-19(26)14-8-6-9-15(20)17(14)21;/h4-10,12,22H,3,11H2,1-2H3,(H,23,26)(H,24,25);1H. The fourth-order valence-corrected chi connectivity index (χ4v) is 2.70. The van der Waals surface area contributed by atoms with E-state index in [4.69, 9.17) is 23.2 Å². The minimum Gasteiger partial charge on any atom is -0.340 e. The van der Waals surface area contributed by atoms with E-state index in [1.807, 2.05) is 31.2 Å². The Balaban J connectivity index is 0.00000364. The summed E-state index contributed by atoms with van der Waals surface area (Å²) in [6, 6.07) is 11.6. The molecule has 0 aliphatic carbocycles. The van der Waals surface area contributed by atoms with Crippen LogP contribution >= 0.6 is 35.6 Å². The quantitative estimate of drug-likeness (QED) is 0.614. The molecule has 0 saturated heterocycles. The lowest BCUT2D eigenvalue weighted by atomic mass is 10.1. The Morgan fingerprint density at radius 3 is 2.48 bits per heavy atom. The predicted octanol–water partition coefficient (Wildman–Crippen LogP) is 4.28. The summed E-state index contributed by atoms with van der Waals surface area (Å²) in [7, 11) is 0. The third-order valence-electron chi connectivity index (χ3n) is 3.78. The lowest BCUT2D eigenvalue weighted by molar-refractivity contribution is -0.117. The Morgan fingerprint density at radius 1 is 1.07 bits per heavy atom. The number of para-hydroxylation sites is 1. The van der Waals surface area contributed by atoms with Crippen molar-refractivity contribution in [1.82, 2.24) is 10.6 Å². The second-order valence-electron chi connectivity index (χ2n) is 5.72. The highest BCUT2D eigenvalue weighted by molar-refractivity contribution is 6.43. The van der Waals surface area contributed by atoms with Gasteiger partial charge in [0, 0.05) is 12.2 Å². The number of benzene rings is 2. The SMILES string of the molecule is CCNCc1ccccc1NC(=O)C(C)NC(=O)c1cccc(Cl)c1Cl.Cl. The van der Waals surface area contributed by atoms with E-state index in [9.17, 15) is 9.59 Å². The number of carbonyl (C=O) groups is 2. The minimum absolute atomic E-state index is 0. The topological polar surface area (TPSA) is 70.2 Å². The van der Waals surface area contributed by atoms with Gasteiger partial charge in [0.15, 0.2) is 0 Å². The molecule has 2 rings (SSSR count). The highest BCUT2D eigenvalue weighted by Crippen LogP contribution is 2.25. The van der Waals surface area contributed by atoms with Gasteiger partial charge in [-0.15, -0.1) is 12.4 Å². The zero-order valence-corrected chi connectivity index (χ0v) is 17.3. The van der Waals surface area contributed by atoms with Crippen LogP contribution in [0.4, 0.5) is 5.69 Å². The number of amides is 2. The maximum Gasteiger partial charge on any atom is 0.253 e. The summed E-state index contributed by atoms with van der Waals surface area (Å²) >= 11 is 12.0. The van der Waals surface area contributed by atoms with E-state index >= 15 is 0 Å². The first-order valence-corrected chi connectivity index (χ1v) is 9.04. The molecule has 0 aromatic heterocycles. The van der Waals surface area contributed by atoms with Crippen molar-refractivity contribution in [1.29, 1.82) is 0 Å². The monoisotopic (exact) mass is 429 g/mol. The summed E-state index contributed by atoms with van der Waals surface area (Å²) in [6.45, 7) is 5.10. The van der Waals surface area contributed by atoms with Gasteiger partial charge in [0.05, 0.1) is 15.6 Å². The molecule has 2 aromatic carbocycles. The van der Waals surface area contributed by atoms with Gasteiger partial charge in [0.2, 0.25) is 5.91 Å². The average molecular weight is 431 g/mol. The second kappa shape index (κ2) is 11.1. The van der Waals surface area contributed by atoms with Crippen LogP contribution in [0.15, 0.2) is 42.5 Å². The van der Waals surface area contributed by atoms with Gasteiger partial charge in [-0.2, -0.15) is 0 Å².